The summed E-state index contributed by atoms with van der Waals surface area (Å²) in [5, 5.41) is 24.0. The van der Waals surface area contributed by atoms with Gasteiger partial charge in [0.05, 0.1) is 13.2 Å². The maximum absolute atomic E-state index is 8.17. The van der Waals surface area contributed by atoms with Crippen molar-refractivity contribution < 1.29 is 74.4 Å². The monoisotopic (exact) mass is 170 g/mol. The van der Waals surface area contributed by atoms with Gasteiger partial charge in [0.1, 0.15) is 6.10 Å². The van der Waals surface area contributed by atoms with Crippen LogP contribution in [0.3, 0.4) is 0 Å². The molecule has 0 aromatic carbocycles. The van der Waals surface area contributed by atoms with Gasteiger partial charge in [0.15, 0.2) is 0 Å². The average molecular weight is 170 g/mol. The van der Waals surface area contributed by atoms with Crippen molar-refractivity contribution in [3.63, 3.8) is 0 Å². The predicted molar refractivity (Wildman–Crippen MR) is 27.5 cm³/mol. The van der Waals surface area contributed by atoms with Crippen molar-refractivity contribution in [1.29, 1.82) is 0 Å². The molecule has 46 valence electrons. The molecule has 0 amide bonds. The maximum atomic E-state index is 8.17. The second-order valence-electron chi connectivity index (χ2n) is 1.02. The minimum Gasteiger partial charge on any atom is -2.00 e. The zero-order valence-electron chi connectivity index (χ0n) is 5.74. The molecule has 0 saturated heterocycles. The van der Waals surface area contributed by atoms with Crippen LogP contribution in [0, 0.1) is 0 Å². The first-order valence-corrected chi connectivity index (χ1v) is 1.71. The molecule has 0 atom stereocenters. The minimum atomic E-state index is -0.954. The van der Waals surface area contributed by atoms with Crippen molar-refractivity contribution in [3.05, 3.63) is 0 Å². The molecule has 0 aliphatic heterocycles. The van der Waals surface area contributed by atoms with Crippen LogP contribution in [0.15, 0.2) is 0 Å². The summed E-state index contributed by atoms with van der Waals surface area (Å²) < 4.78 is 0. The Morgan fingerprint density at radius 1 is 1.00 bits per heavy atom. The molecule has 6 heteroatoms. The smallest absolute Gasteiger partial charge is 1.00 e. The Hall–Kier alpha value is 2.23. The third kappa shape index (κ3) is 17.9. The Morgan fingerprint density at radius 2 is 1.22 bits per heavy atom. The van der Waals surface area contributed by atoms with Gasteiger partial charge in [-0.2, -0.15) is 0 Å². The average Bonchev–Trinajstić information content (AvgIpc) is 1.65. The molecule has 0 heterocycles. The zero-order valence-corrected chi connectivity index (χ0v) is 10.6. The van der Waals surface area contributed by atoms with Crippen molar-refractivity contribution in [3.8, 4) is 0 Å². The van der Waals surface area contributed by atoms with E-state index in [1.807, 2.05) is 0 Å². The fraction of sp³-hybridized carbons (Fsp3) is 1.00. The molecule has 0 radical (unpaired) electrons. The largest absolute Gasteiger partial charge is 2.00 e. The van der Waals surface area contributed by atoms with Gasteiger partial charge in [-0.1, -0.05) is 0 Å². The summed E-state index contributed by atoms with van der Waals surface area (Å²) in [5.74, 6) is 0. The van der Waals surface area contributed by atoms with E-state index in [-0.39, 0.29) is 85.8 Å². The third-order valence-electron chi connectivity index (χ3n) is 0.421. The molecule has 9 heavy (non-hydrogen) atoms. The van der Waals surface area contributed by atoms with Crippen LogP contribution < -0.4 is 59.1 Å². The molecule has 0 saturated carbocycles. The fourth-order valence-corrected chi connectivity index (χ4v) is 0.0577. The van der Waals surface area contributed by atoms with Crippen LogP contribution in [0.25, 0.3) is 0 Å². The van der Waals surface area contributed by atoms with E-state index in [4.69, 9.17) is 15.3 Å². The van der Waals surface area contributed by atoms with Gasteiger partial charge in [-0.15, -0.1) is 0 Å². The molecule has 0 aliphatic rings. The SMILES string of the molecule is OCC(O)CO.[Na+].[Na+].[S-2]. The second-order valence-corrected chi connectivity index (χ2v) is 1.02. The summed E-state index contributed by atoms with van der Waals surface area (Å²) in [7, 11) is 0. The molecular weight excluding hydrogens is 162 g/mol. The van der Waals surface area contributed by atoms with Gasteiger partial charge in [0.2, 0.25) is 0 Å². The summed E-state index contributed by atoms with van der Waals surface area (Å²) in [6.07, 6.45) is -0.954. The van der Waals surface area contributed by atoms with E-state index in [0.717, 1.165) is 0 Å². The normalized spacial score (nSPS) is 6.67. The molecule has 0 fully saturated rings. The van der Waals surface area contributed by atoms with E-state index < -0.39 is 6.10 Å². The molecule has 0 rings (SSSR count). The van der Waals surface area contributed by atoms with Gasteiger partial charge in [-0.25, -0.2) is 0 Å². The number of hydrogen-bond donors (Lipinski definition) is 3. The van der Waals surface area contributed by atoms with E-state index in [1.54, 1.807) is 0 Å². The topological polar surface area (TPSA) is 60.7 Å². The zero-order chi connectivity index (χ0) is 4.99. The van der Waals surface area contributed by atoms with Crippen LogP contribution in [0.2, 0.25) is 0 Å². The molecule has 0 aliphatic carbocycles. The van der Waals surface area contributed by atoms with Crippen LogP contribution in [-0.4, -0.2) is 34.6 Å². The van der Waals surface area contributed by atoms with Gasteiger partial charge in [0, 0.05) is 0 Å². The summed E-state index contributed by atoms with van der Waals surface area (Å²) >= 11 is 0. The molecule has 0 spiro atoms. The van der Waals surface area contributed by atoms with Crippen molar-refractivity contribution in [1.82, 2.24) is 0 Å². The standard InChI is InChI=1S/C3H8O3.2Na.S/c4-1-3(6)2-5;;;/h3-6H,1-2H2;;;/q;2*+1;-2. The van der Waals surface area contributed by atoms with Crippen molar-refractivity contribution in [2.75, 3.05) is 13.2 Å². The molecule has 0 aromatic rings. The van der Waals surface area contributed by atoms with Gasteiger partial charge >= 0.3 is 59.1 Å². The maximum Gasteiger partial charge on any atom is 1.00 e. The Balaban J connectivity index is -0.0000000417. The van der Waals surface area contributed by atoms with E-state index in [0.29, 0.717) is 0 Å². The molecule has 3 N–H and O–H groups in total. The summed E-state index contributed by atoms with van der Waals surface area (Å²) in [6.45, 7) is -0.729. The Kier molecular flexibility index (Phi) is 41.6. The van der Waals surface area contributed by atoms with Crippen LogP contribution in [0.5, 0.6) is 0 Å². The Labute approximate surface area is 106 Å². The molecular formula is C3H8Na2O3S. The quantitative estimate of drug-likeness (QED) is 0.361. The Bertz CT molecular complexity index is 36.2. The summed E-state index contributed by atoms with van der Waals surface area (Å²) in [6, 6.07) is 0. The van der Waals surface area contributed by atoms with Gasteiger partial charge in [-0.3, -0.25) is 0 Å². The Morgan fingerprint density at radius 3 is 1.22 bits per heavy atom. The molecule has 3 nitrogen and oxygen atoms in total. The summed E-state index contributed by atoms with van der Waals surface area (Å²) in [4.78, 5) is 0. The van der Waals surface area contributed by atoms with E-state index in [9.17, 15) is 0 Å². The summed E-state index contributed by atoms with van der Waals surface area (Å²) in [5.41, 5.74) is 0. The van der Waals surface area contributed by atoms with E-state index >= 15 is 0 Å². The third-order valence-corrected chi connectivity index (χ3v) is 0.421. The first-order chi connectivity index (χ1) is 2.81. The van der Waals surface area contributed by atoms with Crippen LogP contribution >= 0.6 is 0 Å². The van der Waals surface area contributed by atoms with Crippen LogP contribution in [0.4, 0.5) is 0 Å². The fourth-order valence-electron chi connectivity index (χ4n) is 0.0577. The molecule has 0 bridgehead atoms. The predicted octanol–water partition coefficient (Wildman–Crippen LogP) is -7.66. The number of aliphatic hydroxyl groups excluding tert-OH is 3. The van der Waals surface area contributed by atoms with Gasteiger partial charge < -0.3 is 28.8 Å². The van der Waals surface area contributed by atoms with E-state index in [1.165, 1.54) is 0 Å². The van der Waals surface area contributed by atoms with Crippen molar-refractivity contribution >= 4 is 13.5 Å². The van der Waals surface area contributed by atoms with Crippen LogP contribution in [0.1, 0.15) is 0 Å². The van der Waals surface area contributed by atoms with Crippen molar-refractivity contribution in [2.24, 2.45) is 0 Å². The number of hydrogen-bond acceptors (Lipinski definition) is 3. The first-order valence-electron chi connectivity index (χ1n) is 1.71. The van der Waals surface area contributed by atoms with E-state index in [2.05, 4.69) is 0 Å². The number of rotatable bonds is 2. The van der Waals surface area contributed by atoms with Gasteiger partial charge in [-0.05, 0) is 0 Å². The minimum absolute atomic E-state index is 0. The first kappa shape index (κ1) is 22.5. The van der Waals surface area contributed by atoms with Crippen molar-refractivity contribution in [2.45, 2.75) is 6.10 Å². The molecule has 0 aromatic heterocycles. The number of aliphatic hydroxyl groups is 3. The second kappa shape index (κ2) is 16.7. The van der Waals surface area contributed by atoms with Crippen LogP contribution in [-0.2, 0) is 13.5 Å². The molecule has 0 unspecified atom stereocenters. The van der Waals surface area contributed by atoms with Gasteiger partial charge in [0.25, 0.3) is 0 Å².